The number of hydrogen-bond donors (Lipinski definition) is 2. The molecule has 1 amide bonds. The van der Waals surface area contributed by atoms with Gasteiger partial charge in [-0.25, -0.2) is 0 Å². The number of benzene rings is 2. The Kier molecular flexibility index (Phi) is 4.47. The quantitative estimate of drug-likeness (QED) is 0.664. The summed E-state index contributed by atoms with van der Waals surface area (Å²) >= 11 is 1.68. The minimum atomic E-state index is -0.0871. The molecule has 3 nitrogen and oxygen atoms in total. The molecule has 0 aliphatic heterocycles. The molecule has 0 fully saturated rings. The van der Waals surface area contributed by atoms with Gasteiger partial charge in [-0.1, -0.05) is 18.2 Å². The second kappa shape index (κ2) is 6.29. The van der Waals surface area contributed by atoms with Gasteiger partial charge in [0.05, 0.1) is 0 Å². The third-order valence-electron chi connectivity index (χ3n) is 2.80. The van der Waals surface area contributed by atoms with E-state index >= 15 is 0 Å². The molecule has 3 N–H and O–H groups in total. The Morgan fingerprint density at radius 3 is 2.53 bits per heavy atom. The van der Waals surface area contributed by atoms with E-state index in [1.807, 2.05) is 24.5 Å². The summed E-state index contributed by atoms with van der Waals surface area (Å²) in [6.07, 6.45) is 2.03. The molecule has 0 radical (unpaired) electrons. The summed E-state index contributed by atoms with van der Waals surface area (Å²) in [5, 5.41) is 2.92. The van der Waals surface area contributed by atoms with Crippen LogP contribution in [0, 0.1) is 0 Å². The molecule has 0 aliphatic rings. The Hall–Kier alpha value is -1.94. The number of nitrogens with two attached hydrogens (primary N) is 1. The van der Waals surface area contributed by atoms with E-state index in [1.165, 1.54) is 4.90 Å². The molecule has 0 saturated heterocycles. The van der Waals surface area contributed by atoms with Crippen molar-refractivity contribution in [2.45, 2.75) is 11.4 Å². The second-order valence-electron chi connectivity index (χ2n) is 4.12. The summed E-state index contributed by atoms with van der Waals surface area (Å²) in [5.41, 5.74) is 8.00. The van der Waals surface area contributed by atoms with Crippen LogP contribution in [0.15, 0.2) is 53.4 Å². The maximum atomic E-state index is 12.0. The van der Waals surface area contributed by atoms with Gasteiger partial charge >= 0.3 is 0 Å². The molecule has 0 unspecified atom stereocenters. The first kappa shape index (κ1) is 13.5. The standard InChI is InChI=1S/C15H16N2OS/c1-19-14-5-3-2-4-12(14)10-17-15(18)11-6-8-13(16)9-7-11/h2-9H,10,16H2,1H3,(H,17,18). The van der Waals surface area contributed by atoms with E-state index in [1.54, 1.807) is 36.0 Å². The summed E-state index contributed by atoms with van der Waals surface area (Å²) in [7, 11) is 0. The lowest BCUT2D eigenvalue weighted by Gasteiger charge is -2.09. The molecule has 2 aromatic rings. The molecular weight excluding hydrogens is 256 g/mol. The van der Waals surface area contributed by atoms with Crippen LogP contribution in [0.3, 0.4) is 0 Å². The summed E-state index contributed by atoms with van der Waals surface area (Å²) in [6, 6.07) is 15.0. The normalized spacial score (nSPS) is 10.2. The highest BCUT2D eigenvalue weighted by atomic mass is 32.2. The van der Waals surface area contributed by atoms with Gasteiger partial charge in [-0.05, 0) is 42.2 Å². The lowest BCUT2D eigenvalue weighted by molar-refractivity contribution is 0.0950. The van der Waals surface area contributed by atoms with E-state index < -0.39 is 0 Å². The van der Waals surface area contributed by atoms with Crippen molar-refractivity contribution in [2.24, 2.45) is 0 Å². The number of carbonyl (C=O) groups excluding carboxylic acids is 1. The van der Waals surface area contributed by atoms with Gasteiger partial charge in [0.25, 0.3) is 5.91 Å². The predicted molar refractivity (Wildman–Crippen MR) is 80.2 cm³/mol. The van der Waals surface area contributed by atoms with Crippen LogP contribution in [0.1, 0.15) is 15.9 Å². The average Bonchev–Trinajstić information content (AvgIpc) is 2.45. The van der Waals surface area contributed by atoms with Crippen molar-refractivity contribution >= 4 is 23.4 Å². The van der Waals surface area contributed by atoms with Crippen molar-refractivity contribution in [3.63, 3.8) is 0 Å². The highest BCUT2D eigenvalue weighted by Gasteiger charge is 2.06. The predicted octanol–water partition coefficient (Wildman–Crippen LogP) is 2.92. The number of hydrogen-bond acceptors (Lipinski definition) is 3. The maximum Gasteiger partial charge on any atom is 0.251 e. The topological polar surface area (TPSA) is 55.1 Å². The Labute approximate surface area is 117 Å². The maximum absolute atomic E-state index is 12.0. The van der Waals surface area contributed by atoms with Crippen LogP contribution < -0.4 is 11.1 Å². The van der Waals surface area contributed by atoms with Gasteiger partial charge in [-0.3, -0.25) is 4.79 Å². The molecule has 2 aromatic carbocycles. The first-order valence-electron chi connectivity index (χ1n) is 5.96. The fourth-order valence-corrected chi connectivity index (χ4v) is 2.38. The molecule has 19 heavy (non-hydrogen) atoms. The van der Waals surface area contributed by atoms with E-state index in [4.69, 9.17) is 5.73 Å². The van der Waals surface area contributed by atoms with Crippen LogP contribution in [-0.2, 0) is 6.54 Å². The lowest BCUT2D eigenvalue weighted by Crippen LogP contribution is -2.23. The van der Waals surface area contributed by atoms with Gasteiger partial charge in [0, 0.05) is 22.7 Å². The number of thioether (sulfide) groups is 1. The Morgan fingerprint density at radius 1 is 1.16 bits per heavy atom. The fraction of sp³-hybridized carbons (Fsp3) is 0.133. The minimum absolute atomic E-state index is 0.0871. The molecule has 0 aromatic heterocycles. The number of carbonyl (C=O) groups is 1. The van der Waals surface area contributed by atoms with E-state index in [9.17, 15) is 4.79 Å². The smallest absolute Gasteiger partial charge is 0.251 e. The zero-order chi connectivity index (χ0) is 13.7. The van der Waals surface area contributed by atoms with E-state index in [-0.39, 0.29) is 5.91 Å². The first-order chi connectivity index (χ1) is 9.20. The van der Waals surface area contributed by atoms with Crippen molar-refractivity contribution in [1.82, 2.24) is 5.32 Å². The van der Waals surface area contributed by atoms with Gasteiger partial charge < -0.3 is 11.1 Å². The summed E-state index contributed by atoms with van der Waals surface area (Å²) < 4.78 is 0. The second-order valence-corrected chi connectivity index (χ2v) is 4.96. The molecule has 0 spiro atoms. The number of nitrogen functional groups attached to an aromatic ring is 1. The zero-order valence-corrected chi connectivity index (χ0v) is 11.5. The number of anilines is 1. The largest absolute Gasteiger partial charge is 0.399 e. The van der Waals surface area contributed by atoms with Crippen LogP contribution in [0.5, 0.6) is 0 Å². The van der Waals surface area contributed by atoms with Crippen molar-refractivity contribution < 1.29 is 4.79 Å². The van der Waals surface area contributed by atoms with Crippen LogP contribution in [0.2, 0.25) is 0 Å². The third kappa shape index (κ3) is 3.51. The van der Waals surface area contributed by atoms with Crippen molar-refractivity contribution in [3.8, 4) is 0 Å². The zero-order valence-electron chi connectivity index (χ0n) is 10.7. The number of amides is 1. The highest BCUT2D eigenvalue weighted by Crippen LogP contribution is 2.19. The number of rotatable bonds is 4. The molecule has 4 heteroatoms. The van der Waals surface area contributed by atoms with Gasteiger partial charge in [-0.15, -0.1) is 11.8 Å². The molecular formula is C15H16N2OS. The summed E-state index contributed by atoms with van der Waals surface area (Å²) in [4.78, 5) is 13.2. The third-order valence-corrected chi connectivity index (χ3v) is 3.64. The number of nitrogens with one attached hydrogen (secondary N) is 1. The molecule has 0 saturated carbocycles. The molecule has 2 rings (SSSR count). The molecule has 0 bridgehead atoms. The Balaban J connectivity index is 2.02. The molecule has 0 atom stereocenters. The van der Waals surface area contributed by atoms with Gasteiger partial charge in [0.1, 0.15) is 0 Å². The van der Waals surface area contributed by atoms with Gasteiger partial charge in [0.2, 0.25) is 0 Å². The van der Waals surface area contributed by atoms with Gasteiger partial charge in [-0.2, -0.15) is 0 Å². The van der Waals surface area contributed by atoms with E-state index in [0.29, 0.717) is 17.8 Å². The van der Waals surface area contributed by atoms with Gasteiger partial charge in [0.15, 0.2) is 0 Å². The van der Waals surface area contributed by atoms with E-state index in [2.05, 4.69) is 11.4 Å². The monoisotopic (exact) mass is 272 g/mol. The SMILES string of the molecule is CSc1ccccc1CNC(=O)c1ccc(N)cc1. The van der Waals surface area contributed by atoms with Crippen LogP contribution in [0.25, 0.3) is 0 Å². The minimum Gasteiger partial charge on any atom is -0.399 e. The fourth-order valence-electron chi connectivity index (χ4n) is 1.76. The Bertz CT molecular complexity index is 567. The van der Waals surface area contributed by atoms with Crippen LogP contribution >= 0.6 is 11.8 Å². The highest BCUT2D eigenvalue weighted by molar-refractivity contribution is 7.98. The Morgan fingerprint density at radius 2 is 1.84 bits per heavy atom. The summed E-state index contributed by atoms with van der Waals surface area (Å²) in [6.45, 7) is 0.528. The summed E-state index contributed by atoms with van der Waals surface area (Å²) in [5.74, 6) is -0.0871. The molecule has 0 heterocycles. The van der Waals surface area contributed by atoms with E-state index in [0.717, 1.165) is 5.56 Å². The van der Waals surface area contributed by atoms with Crippen LogP contribution in [0.4, 0.5) is 5.69 Å². The molecule has 98 valence electrons. The van der Waals surface area contributed by atoms with Crippen molar-refractivity contribution in [3.05, 3.63) is 59.7 Å². The first-order valence-corrected chi connectivity index (χ1v) is 7.19. The van der Waals surface area contributed by atoms with Crippen molar-refractivity contribution in [2.75, 3.05) is 12.0 Å². The lowest BCUT2D eigenvalue weighted by atomic mass is 10.2. The average molecular weight is 272 g/mol. The van der Waals surface area contributed by atoms with Crippen LogP contribution in [-0.4, -0.2) is 12.2 Å². The van der Waals surface area contributed by atoms with Crippen molar-refractivity contribution in [1.29, 1.82) is 0 Å². The molecule has 0 aliphatic carbocycles.